The third kappa shape index (κ3) is 4.65. The maximum absolute atomic E-state index is 13.7. The van der Waals surface area contributed by atoms with Crippen LogP contribution in [0.4, 0.5) is 0 Å². The first-order valence-electron chi connectivity index (χ1n) is 12.0. The number of carbonyl (C=O) groups excluding carboxylic acids is 1. The molecule has 5 rings (SSSR count). The number of aromatic nitrogens is 2. The van der Waals surface area contributed by atoms with Crippen molar-refractivity contribution in [2.75, 3.05) is 20.8 Å². The zero-order chi connectivity index (χ0) is 24.5. The second-order valence-corrected chi connectivity index (χ2v) is 9.35. The van der Waals surface area contributed by atoms with Gasteiger partial charge in [0.25, 0.3) is 5.91 Å². The number of rotatable bonds is 8. The predicted octanol–water partition coefficient (Wildman–Crippen LogP) is 3.50. The Morgan fingerprint density at radius 2 is 1.69 bits per heavy atom. The number of aryl methyl sites for hydroxylation is 1. The SMILES string of the molecule is COc1cc(CN2CCc3c(OC4CCC4)cc(Cn4ccn(C)c4=N)cc3C2=O)cc(OC)c1. The molecule has 1 aliphatic heterocycles. The molecule has 0 radical (unpaired) electrons. The monoisotopic (exact) mass is 476 g/mol. The number of hydrogen-bond acceptors (Lipinski definition) is 5. The molecule has 0 unspecified atom stereocenters. The molecule has 1 saturated carbocycles. The number of fused-ring (bicyclic) bond motifs is 1. The summed E-state index contributed by atoms with van der Waals surface area (Å²) in [5, 5.41) is 8.28. The molecule has 0 atom stereocenters. The minimum absolute atomic E-state index is 0.00231. The van der Waals surface area contributed by atoms with E-state index in [0.717, 1.165) is 41.7 Å². The summed E-state index contributed by atoms with van der Waals surface area (Å²) in [6.07, 6.45) is 8.02. The van der Waals surface area contributed by atoms with Crippen LogP contribution in [0.5, 0.6) is 17.2 Å². The Kier molecular flexibility index (Phi) is 6.28. The fraction of sp³-hybridized carbons (Fsp3) is 0.407. The van der Waals surface area contributed by atoms with Gasteiger partial charge in [-0.1, -0.05) is 0 Å². The van der Waals surface area contributed by atoms with Crippen molar-refractivity contribution < 1.29 is 19.0 Å². The molecular formula is C27H32N4O4. The van der Waals surface area contributed by atoms with Gasteiger partial charge in [0.15, 0.2) is 0 Å². The van der Waals surface area contributed by atoms with Gasteiger partial charge in [-0.05, 0) is 61.1 Å². The van der Waals surface area contributed by atoms with Crippen LogP contribution >= 0.6 is 0 Å². The number of carbonyl (C=O) groups is 1. The average molecular weight is 477 g/mol. The number of ether oxygens (including phenoxy) is 3. The summed E-state index contributed by atoms with van der Waals surface area (Å²) in [4.78, 5) is 15.6. The number of amides is 1. The van der Waals surface area contributed by atoms with Gasteiger partial charge in [-0.15, -0.1) is 0 Å². The minimum Gasteiger partial charge on any atom is -0.497 e. The van der Waals surface area contributed by atoms with Gasteiger partial charge in [-0.2, -0.15) is 0 Å². The van der Waals surface area contributed by atoms with Crippen LogP contribution in [0.15, 0.2) is 42.7 Å². The van der Waals surface area contributed by atoms with Crippen LogP contribution in [-0.4, -0.2) is 46.8 Å². The Morgan fingerprint density at radius 3 is 2.29 bits per heavy atom. The number of hydrogen-bond donors (Lipinski definition) is 1. The largest absolute Gasteiger partial charge is 0.497 e. The molecule has 2 aromatic carbocycles. The van der Waals surface area contributed by atoms with E-state index < -0.39 is 0 Å². The molecule has 1 aromatic heterocycles. The fourth-order valence-electron chi connectivity index (χ4n) is 4.71. The fourth-order valence-corrected chi connectivity index (χ4v) is 4.71. The van der Waals surface area contributed by atoms with E-state index in [1.54, 1.807) is 18.8 Å². The molecule has 2 heterocycles. The van der Waals surface area contributed by atoms with Crippen molar-refractivity contribution in [3.63, 3.8) is 0 Å². The van der Waals surface area contributed by atoms with Gasteiger partial charge < -0.3 is 28.2 Å². The maximum atomic E-state index is 13.7. The normalized spacial score (nSPS) is 15.5. The Hall–Kier alpha value is -3.68. The minimum atomic E-state index is -0.00231. The molecule has 8 nitrogen and oxygen atoms in total. The first kappa shape index (κ1) is 23.1. The average Bonchev–Trinajstić information content (AvgIpc) is 3.15. The van der Waals surface area contributed by atoms with Gasteiger partial charge in [0.1, 0.15) is 17.2 Å². The Morgan fingerprint density at radius 1 is 0.971 bits per heavy atom. The van der Waals surface area contributed by atoms with E-state index in [-0.39, 0.29) is 12.0 Å². The summed E-state index contributed by atoms with van der Waals surface area (Å²) in [6, 6.07) is 9.74. The topological polar surface area (TPSA) is 81.7 Å². The molecular weight excluding hydrogens is 444 g/mol. The first-order chi connectivity index (χ1) is 16.9. The number of imidazole rings is 1. The van der Waals surface area contributed by atoms with E-state index in [1.165, 1.54) is 6.42 Å². The molecule has 184 valence electrons. The lowest BCUT2D eigenvalue weighted by atomic mass is 9.93. The van der Waals surface area contributed by atoms with Gasteiger partial charge in [0, 0.05) is 49.7 Å². The van der Waals surface area contributed by atoms with Crippen molar-refractivity contribution in [3.8, 4) is 17.2 Å². The van der Waals surface area contributed by atoms with Crippen molar-refractivity contribution in [2.45, 2.75) is 44.9 Å². The first-order valence-corrected chi connectivity index (χ1v) is 12.0. The van der Waals surface area contributed by atoms with E-state index in [9.17, 15) is 4.79 Å². The third-order valence-corrected chi connectivity index (χ3v) is 6.98. The summed E-state index contributed by atoms with van der Waals surface area (Å²) in [6.45, 7) is 1.60. The molecule has 1 amide bonds. The van der Waals surface area contributed by atoms with Crippen molar-refractivity contribution in [1.82, 2.24) is 14.0 Å². The maximum Gasteiger partial charge on any atom is 0.254 e. The number of nitrogens with zero attached hydrogens (tertiary/aromatic N) is 3. The highest BCUT2D eigenvalue weighted by atomic mass is 16.5. The summed E-state index contributed by atoms with van der Waals surface area (Å²) >= 11 is 0. The lowest BCUT2D eigenvalue weighted by Gasteiger charge is -2.33. The van der Waals surface area contributed by atoms with Crippen LogP contribution in [0.2, 0.25) is 0 Å². The summed E-state index contributed by atoms with van der Waals surface area (Å²) in [5.74, 6) is 2.22. The molecule has 1 aliphatic carbocycles. The van der Waals surface area contributed by atoms with Crippen molar-refractivity contribution in [1.29, 1.82) is 5.41 Å². The molecule has 1 N–H and O–H groups in total. The molecule has 2 aliphatic rings. The lowest BCUT2D eigenvalue weighted by molar-refractivity contribution is 0.0719. The quantitative estimate of drug-likeness (QED) is 0.540. The summed E-state index contributed by atoms with van der Waals surface area (Å²) in [7, 11) is 5.10. The van der Waals surface area contributed by atoms with Gasteiger partial charge in [-0.3, -0.25) is 10.2 Å². The van der Waals surface area contributed by atoms with Crippen LogP contribution in [-0.2, 0) is 26.6 Å². The van der Waals surface area contributed by atoms with Gasteiger partial charge in [-0.25, -0.2) is 0 Å². The highest BCUT2D eigenvalue weighted by Gasteiger charge is 2.30. The second kappa shape index (κ2) is 9.52. The van der Waals surface area contributed by atoms with Crippen LogP contribution in [0.1, 0.15) is 46.3 Å². The molecule has 3 aromatic rings. The van der Waals surface area contributed by atoms with E-state index in [4.69, 9.17) is 19.6 Å². The zero-order valence-corrected chi connectivity index (χ0v) is 20.5. The Labute approximate surface area is 205 Å². The molecule has 35 heavy (non-hydrogen) atoms. The molecule has 0 saturated heterocycles. The lowest BCUT2D eigenvalue weighted by Crippen LogP contribution is -2.38. The van der Waals surface area contributed by atoms with Crippen molar-refractivity contribution in [2.24, 2.45) is 7.05 Å². The third-order valence-electron chi connectivity index (χ3n) is 6.98. The van der Waals surface area contributed by atoms with E-state index in [2.05, 4.69) is 6.07 Å². The molecule has 1 fully saturated rings. The van der Waals surface area contributed by atoms with Gasteiger partial charge >= 0.3 is 0 Å². The second-order valence-electron chi connectivity index (χ2n) is 9.35. The van der Waals surface area contributed by atoms with Gasteiger partial charge in [0.2, 0.25) is 5.62 Å². The molecule has 8 heteroatoms. The van der Waals surface area contributed by atoms with Crippen molar-refractivity contribution in [3.05, 3.63) is 70.6 Å². The standard InChI is InChI=1S/C27H32N4O4/c1-29-9-10-31(27(29)28)17-19-13-24-23(25(14-19)35-20-5-4-6-20)7-8-30(26(24)32)16-18-11-21(33-2)15-22(12-18)34-3/h9-15,20,28H,4-8,16-17H2,1-3H3. The molecule has 0 spiro atoms. The highest BCUT2D eigenvalue weighted by molar-refractivity contribution is 5.97. The number of benzene rings is 2. The van der Waals surface area contributed by atoms with E-state index in [1.807, 2.05) is 53.2 Å². The highest BCUT2D eigenvalue weighted by Crippen LogP contribution is 2.35. The van der Waals surface area contributed by atoms with Crippen LogP contribution < -0.4 is 19.8 Å². The van der Waals surface area contributed by atoms with Crippen molar-refractivity contribution >= 4 is 5.91 Å². The molecule has 0 bridgehead atoms. The number of methoxy groups -OCH3 is 2. The summed E-state index contributed by atoms with van der Waals surface area (Å²) in [5.41, 5.74) is 4.01. The van der Waals surface area contributed by atoms with Crippen LogP contribution in [0, 0.1) is 5.41 Å². The predicted molar refractivity (Wildman–Crippen MR) is 131 cm³/mol. The summed E-state index contributed by atoms with van der Waals surface area (Å²) < 4.78 is 20.8. The number of nitrogens with one attached hydrogen (secondary N) is 1. The Balaban J connectivity index is 1.46. The van der Waals surface area contributed by atoms with E-state index >= 15 is 0 Å². The van der Waals surface area contributed by atoms with E-state index in [0.29, 0.717) is 42.3 Å². The Bertz CT molecular complexity index is 1280. The zero-order valence-electron chi connectivity index (χ0n) is 20.5. The van der Waals surface area contributed by atoms with Crippen LogP contribution in [0.25, 0.3) is 0 Å². The van der Waals surface area contributed by atoms with Crippen LogP contribution in [0.3, 0.4) is 0 Å². The van der Waals surface area contributed by atoms with Gasteiger partial charge in [0.05, 0.1) is 26.9 Å². The smallest absolute Gasteiger partial charge is 0.254 e.